The molecule has 0 saturated carbocycles. The number of aliphatic hydroxyl groups excluding tert-OH is 1. The van der Waals surface area contributed by atoms with E-state index in [1.165, 1.54) is 29.7 Å². The fourth-order valence-corrected chi connectivity index (χ4v) is 4.42. The number of nitrogens with one attached hydrogen (secondary N) is 3. The smallest absolute Gasteiger partial charge is 0.276 e. The summed E-state index contributed by atoms with van der Waals surface area (Å²) in [6.45, 7) is 1.76. The van der Waals surface area contributed by atoms with Gasteiger partial charge in [-0.25, -0.2) is 13.9 Å². The number of hydrogen-bond acceptors (Lipinski definition) is 8. The minimum atomic E-state index is -4.05. The van der Waals surface area contributed by atoms with Gasteiger partial charge in [0.2, 0.25) is 0 Å². The summed E-state index contributed by atoms with van der Waals surface area (Å²) in [4.78, 5) is 23.8. The van der Waals surface area contributed by atoms with Gasteiger partial charge < -0.3 is 20.8 Å². The molecule has 1 atom stereocenters. The highest BCUT2D eigenvalue weighted by molar-refractivity contribution is 7.91. The lowest BCUT2D eigenvalue weighted by molar-refractivity contribution is -0.144. The number of aliphatic hydroxyl groups is 2. The van der Waals surface area contributed by atoms with Crippen molar-refractivity contribution >= 4 is 33.0 Å². The Bertz CT molecular complexity index is 1040. The van der Waals surface area contributed by atoms with Gasteiger partial charge in [-0.05, 0) is 62.2 Å². The van der Waals surface area contributed by atoms with Crippen LogP contribution >= 0.6 is 0 Å². The molecule has 0 heterocycles. The molecule has 0 aromatic heterocycles. The molecule has 0 spiro atoms. The van der Waals surface area contributed by atoms with Crippen molar-refractivity contribution in [3.63, 3.8) is 0 Å². The summed E-state index contributed by atoms with van der Waals surface area (Å²) in [5.74, 6) is -2.56. The van der Waals surface area contributed by atoms with E-state index >= 15 is 0 Å². The summed E-state index contributed by atoms with van der Waals surface area (Å²) < 4.78 is 24.9. The first-order chi connectivity index (χ1) is 15.1. The summed E-state index contributed by atoms with van der Waals surface area (Å²) in [6, 6.07) is 12.1. The van der Waals surface area contributed by atoms with Crippen molar-refractivity contribution in [1.29, 1.82) is 0 Å². The first kappa shape index (κ1) is 25.3. The molecule has 32 heavy (non-hydrogen) atoms. The fraction of sp³-hybridized carbons (Fsp3) is 0.333. The van der Waals surface area contributed by atoms with Gasteiger partial charge in [-0.1, -0.05) is 6.07 Å². The summed E-state index contributed by atoms with van der Waals surface area (Å²) in [5.41, 5.74) is 0.429. The molecule has 10 nitrogen and oxygen atoms in total. The zero-order valence-corrected chi connectivity index (χ0v) is 18.4. The van der Waals surface area contributed by atoms with Gasteiger partial charge in [0.15, 0.2) is 15.4 Å². The van der Waals surface area contributed by atoms with Crippen molar-refractivity contribution in [2.45, 2.75) is 30.3 Å². The topological polar surface area (TPSA) is 165 Å². The fourth-order valence-electron chi connectivity index (χ4n) is 2.83. The molecule has 2 aromatic carbocycles. The van der Waals surface area contributed by atoms with Crippen LogP contribution in [-0.4, -0.2) is 60.2 Å². The SMILES string of the molecule is CC(O)(CS(=O)(=O)c1ccc(NC(=O)c2cccc(NCCCCO)c2)cc1)C(=O)NO. The van der Waals surface area contributed by atoms with E-state index < -0.39 is 27.1 Å². The molecule has 0 radical (unpaired) electrons. The van der Waals surface area contributed by atoms with Crippen molar-refractivity contribution in [3.8, 4) is 0 Å². The number of hydroxylamine groups is 1. The standard InChI is InChI=1S/C21H27N3O7S/c1-21(28,20(27)24-29)14-32(30,31)18-9-7-16(8-10-18)23-19(26)15-5-4-6-17(13-15)22-11-2-3-12-25/h4-10,13,22,25,28-29H,2-3,11-12,14H2,1H3,(H,23,26)(H,24,27). The zero-order valence-electron chi connectivity index (χ0n) is 17.5. The maximum absolute atomic E-state index is 12.5. The quantitative estimate of drug-likeness (QED) is 0.163. The van der Waals surface area contributed by atoms with Gasteiger partial charge in [0, 0.05) is 30.1 Å². The molecule has 0 aliphatic carbocycles. The van der Waals surface area contributed by atoms with E-state index in [4.69, 9.17) is 10.3 Å². The molecule has 0 fully saturated rings. The zero-order chi connectivity index (χ0) is 23.8. The van der Waals surface area contributed by atoms with Crippen LogP contribution in [0.1, 0.15) is 30.1 Å². The van der Waals surface area contributed by atoms with Crippen LogP contribution in [0, 0.1) is 0 Å². The highest BCUT2D eigenvalue weighted by Crippen LogP contribution is 2.20. The molecule has 1 unspecified atom stereocenters. The van der Waals surface area contributed by atoms with Crippen molar-refractivity contribution in [2.24, 2.45) is 0 Å². The largest absolute Gasteiger partial charge is 0.396 e. The van der Waals surface area contributed by atoms with E-state index in [2.05, 4.69) is 10.6 Å². The number of benzene rings is 2. The number of hydrogen-bond donors (Lipinski definition) is 6. The Hall–Kier alpha value is -2.99. The number of carbonyl (C=O) groups is 2. The van der Waals surface area contributed by atoms with E-state index in [1.807, 2.05) is 6.07 Å². The summed E-state index contributed by atoms with van der Waals surface area (Å²) in [7, 11) is -4.05. The molecule has 2 rings (SSSR count). The Morgan fingerprint density at radius 3 is 2.34 bits per heavy atom. The Kier molecular flexibility index (Phi) is 8.72. The predicted octanol–water partition coefficient (Wildman–Crippen LogP) is 1.15. The van der Waals surface area contributed by atoms with Crippen LogP contribution in [0.25, 0.3) is 0 Å². The van der Waals surface area contributed by atoms with Crippen molar-refractivity contribution in [1.82, 2.24) is 5.48 Å². The minimum absolute atomic E-state index is 0.127. The van der Waals surface area contributed by atoms with Gasteiger partial charge in [-0.2, -0.15) is 0 Å². The van der Waals surface area contributed by atoms with Crippen LogP contribution in [0.15, 0.2) is 53.4 Å². The monoisotopic (exact) mass is 465 g/mol. The van der Waals surface area contributed by atoms with Gasteiger partial charge in [0.05, 0.1) is 10.6 Å². The first-order valence-corrected chi connectivity index (χ1v) is 11.5. The van der Waals surface area contributed by atoms with Crippen LogP contribution in [0.4, 0.5) is 11.4 Å². The second-order valence-electron chi connectivity index (χ2n) is 7.39. The van der Waals surface area contributed by atoms with Gasteiger partial charge in [0.25, 0.3) is 11.8 Å². The maximum atomic E-state index is 12.5. The number of unbranched alkanes of at least 4 members (excludes halogenated alkanes) is 1. The molecule has 2 amide bonds. The molecular weight excluding hydrogens is 438 g/mol. The number of carbonyl (C=O) groups excluding carboxylic acids is 2. The van der Waals surface area contributed by atoms with E-state index in [0.717, 1.165) is 19.0 Å². The summed E-state index contributed by atoms with van der Waals surface area (Å²) in [5, 5.41) is 33.2. The van der Waals surface area contributed by atoms with Gasteiger partial charge in [-0.15, -0.1) is 0 Å². The minimum Gasteiger partial charge on any atom is -0.396 e. The predicted molar refractivity (Wildman–Crippen MR) is 118 cm³/mol. The van der Waals surface area contributed by atoms with E-state index in [0.29, 0.717) is 24.2 Å². The average molecular weight is 466 g/mol. The molecular formula is C21H27N3O7S. The highest BCUT2D eigenvalue weighted by Gasteiger charge is 2.36. The van der Waals surface area contributed by atoms with E-state index in [-0.39, 0.29) is 17.4 Å². The third-order valence-electron chi connectivity index (χ3n) is 4.57. The van der Waals surface area contributed by atoms with Crippen LogP contribution in [0.2, 0.25) is 0 Å². The number of anilines is 2. The third-order valence-corrected chi connectivity index (χ3v) is 6.50. The second-order valence-corrected chi connectivity index (χ2v) is 9.38. The molecule has 11 heteroatoms. The first-order valence-electron chi connectivity index (χ1n) is 9.85. The van der Waals surface area contributed by atoms with E-state index in [9.17, 15) is 23.1 Å². The Morgan fingerprint density at radius 1 is 1.03 bits per heavy atom. The summed E-state index contributed by atoms with van der Waals surface area (Å²) in [6.07, 6.45) is 1.48. The van der Waals surface area contributed by atoms with E-state index in [1.54, 1.807) is 18.2 Å². The number of rotatable bonds is 11. The second kappa shape index (κ2) is 11.0. The van der Waals surface area contributed by atoms with Gasteiger partial charge in [-0.3, -0.25) is 14.8 Å². The molecule has 174 valence electrons. The Balaban J connectivity index is 2.05. The van der Waals surface area contributed by atoms with Crippen LogP contribution in [-0.2, 0) is 14.6 Å². The molecule has 0 aliphatic heterocycles. The molecule has 0 saturated heterocycles. The van der Waals surface area contributed by atoms with Gasteiger partial charge >= 0.3 is 0 Å². The van der Waals surface area contributed by atoms with Crippen molar-refractivity contribution in [3.05, 3.63) is 54.1 Å². The summed E-state index contributed by atoms with van der Waals surface area (Å²) >= 11 is 0. The van der Waals surface area contributed by atoms with Crippen LogP contribution in [0.5, 0.6) is 0 Å². The number of amides is 2. The Morgan fingerprint density at radius 2 is 1.72 bits per heavy atom. The lowest BCUT2D eigenvalue weighted by Crippen LogP contribution is -2.48. The lowest BCUT2D eigenvalue weighted by Gasteiger charge is -2.20. The van der Waals surface area contributed by atoms with Crippen molar-refractivity contribution in [2.75, 3.05) is 29.5 Å². The van der Waals surface area contributed by atoms with Crippen LogP contribution in [0.3, 0.4) is 0 Å². The molecule has 0 aliphatic rings. The highest BCUT2D eigenvalue weighted by atomic mass is 32.2. The Labute approximate surface area is 186 Å². The van der Waals surface area contributed by atoms with Crippen LogP contribution < -0.4 is 16.1 Å². The molecule has 6 N–H and O–H groups in total. The average Bonchev–Trinajstić information content (AvgIpc) is 2.76. The maximum Gasteiger partial charge on any atom is 0.276 e. The van der Waals surface area contributed by atoms with Gasteiger partial charge in [0.1, 0.15) is 0 Å². The lowest BCUT2D eigenvalue weighted by atomic mass is 10.1. The van der Waals surface area contributed by atoms with Crippen molar-refractivity contribution < 1.29 is 33.4 Å². The third kappa shape index (κ3) is 7.02. The normalized spacial score (nSPS) is 13.1. The molecule has 0 bridgehead atoms. The number of sulfone groups is 1. The molecule has 2 aromatic rings.